The third-order valence-electron chi connectivity index (χ3n) is 2.49. The molecule has 19 heavy (non-hydrogen) atoms. The van der Waals surface area contributed by atoms with Gasteiger partial charge >= 0.3 is 0 Å². The first-order valence-corrected chi connectivity index (χ1v) is 5.66. The number of amides is 1. The highest BCUT2D eigenvalue weighted by molar-refractivity contribution is 5.99. The monoisotopic (exact) mass is 261 g/mol. The molecule has 0 saturated carbocycles. The molecule has 0 aliphatic rings. The number of nitrogens with zero attached hydrogens (tertiary/aromatic N) is 4. The van der Waals surface area contributed by atoms with E-state index >= 15 is 0 Å². The van der Waals surface area contributed by atoms with Crippen molar-refractivity contribution in [3.05, 3.63) is 35.7 Å². The quantitative estimate of drug-likeness (QED) is 0.516. The Bertz CT molecular complexity index is 592. The van der Waals surface area contributed by atoms with Crippen molar-refractivity contribution in [2.45, 2.75) is 13.5 Å². The third kappa shape index (κ3) is 3.05. The molecule has 0 unspecified atom stereocenters. The highest BCUT2D eigenvalue weighted by Gasteiger charge is 2.12. The molecule has 2 aromatic heterocycles. The van der Waals surface area contributed by atoms with Gasteiger partial charge in [-0.3, -0.25) is 20.3 Å². The maximum absolute atomic E-state index is 12.0. The summed E-state index contributed by atoms with van der Waals surface area (Å²) in [6, 6.07) is 1.70. The van der Waals surface area contributed by atoms with Crippen LogP contribution in [0.4, 0.5) is 5.69 Å². The molecule has 1 amide bonds. The molecule has 0 aliphatic carbocycles. The molecule has 2 heterocycles. The topological polar surface area (TPSA) is 111 Å². The second-order valence-electron chi connectivity index (χ2n) is 4.03. The van der Waals surface area contributed by atoms with Crippen molar-refractivity contribution in [3.8, 4) is 0 Å². The molecule has 0 spiro atoms. The first-order chi connectivity index (χ1) is 9.10. The molecular weight excluding hydrogens is 246 g/mol. The maximum Gasteiger partial charge on any atom is 0.255 e. The van der Waals surface area contributed by atoms with Crippen LogP contribution in [-0.4, -0.2) is 25.7 Å². The number of nitrogen functional groups attached to an aromatic ring is 1. The summed E-state index contributed by atoms with van der Waals surface area (Å²) in [7, 11) is 1.76. The van der Waals surface area contributed by atoms with Crippen molar-refractivity contribution in [2.75, 3.05) is 5.43 Å². The van der Waals surface area contributed by atoms with Gasteiger partial charge in [0.15, 0.2) is 5.82 Å². The van der Waals surface area contributed by atoms with Crippen LogP contribution < -0.4 is 16.6 Å². The lowest BCUT2D eigenvalue weighted by molar-refractivity contribution is 0.0950. The van der Waals surface area contributed by atoms with Crippen molar-refractivity contribution in [3.63, 3.8) is 0 Å². The molecule has 0 fully saturated rings. The zero-order valence-corrected chi connectivity index (χ0v) is 10.7. The minimum atomic E-state index is -0.284. The fourth-order valence-corrected chi connectivity index (χ4v) is 1.58. The van der Waals surface area contributed by atoms with E-state index in [0.29, 0.717) is 17.1 Å². The predicted molar refractivity (Wildman–Crippen MR) is 69.0 cm³/mol. The maximum atomic E-state index is 12.0. The summed E-state index contributed by atoms with van der Waals surface area (Å²) in [6.07, 6.45) is 3.05. The number of hydrazine groups is 1. The van der Waals surface area contributed by atoms with E-state index in [1.807, 2.05) is 6.92 Å². The van der Waals surface area contributed by atoms with Gasteiger partial charge in [0.25, 0.3) is 5.91 Å². The van der Waals surface area contributed by atoms with Crippen LogP contribution in [0.25, 0.3) is 0 Å². The Morgan fingerprint density at radius 1 is 1.47 bits per heavy atom. The summed E-state index contributed by atoms with van der Waals surface area (Å²) in [5, 5.41) is 6.78. The normalized spacial score (nSPS) is 10.3. The van der Waals surface area contributed by atoms with Gasteiger partial charge in [-0.25, -0.2) is 4.98 Å². The zero-order valence-electron chi connectivity index (χ0n) is 10.7. The Kier molecular flexibility index (Phi) is 3.71. The SMILES string of the molecule is Cc1cc(NN)c(C(=O)NCc2ncn(C)n2)cn1. The second kappa shape index (κ2) is 5.44. The number of aryl methyl sites for hydroxylation is 2. The van der Waals surface area contributed by atoms with Crippen molar-refractivity contribution >= 4 is 11.6 Å². The van der Waals surface area contributed by atoms with Crippen molar-refractivity contribution < 1.29 is 4.79 Å². The Morgan fingerprint density at radius 2 is 2.26 bits per heavy atom. The van der Waals surface area contributed by atoms with E-state index in [-0.39, 0.29) is 12.5 Å². The molecule has 0 saturated heterocycles. The molecule has 2 aromatic rings. The first kappa shape index (κ1) is 13.0. The average Bonchev–Trinajstić information content (AvgIpc) is 2.81. The fraction of sp³-hybridized carbons (Fsp3) is 0.273. The molecule has 0 bridgehead atoms. The van der Waals surface area contributed by atoms with Crippen molar-refractivity contribution in [1.29, 1.82) is 0 Å². The lowest BCUT2D eigenvalue weighted by Crippen LogP contribution is -2.25. The van der Waals surface area contributed by atoms with E-state index in [9.17, 15) is 4.79 Å². The number of rotatable bonds is 4. The summed E-state index contributed by atoms with van der Waals surface area (Å²) >= 11 is 0. The third-order valence-corrected chi connectivity index (χ3v) is 2.49. The first-order valence-electron chi connectivity index (χ1n) is 5.66. The van der Waals surface area contributed by atoms with E-state index in [1.165, 1.54) is 6.20 Å². The zero-order chi connectivity index (χ0) is 13.8. The molecule has 8 heteroatoms. The van der Waals surface area contributed by atoms with Crippen LogP contribution in [0, 0.1) is 6.92 Å². The van der Waals surface area contributed by atoms with Gasteiger partial charge in [-0.15, -0.1) is 0 Å². The number of carbonyl (C=O) groups excluding carboxylic acids is 1. The summed E-state index contributed by atoms with van der Waals surface area (Å²) in [5.74, 6) is 5.64. The van der Waals surface area contributed by atoms with Gasteiger partial charge < -0.3 is 10.7 Å². The van der Waals surface area contributed by atoms with Gasteiger partial charge in [-0.2, -0.15) is 5.10 Å². The summed E-state index contributed by atoms with van der Waals surface area (Å²) in [6.45, 7) is 2.07. The summed E-state index contributed by atoms with van der Waals surface area (Å²) < 4.78 is 1.57. The van der Waals surface area contributed by atoms with Gasteiger partial charge in [0.2, 0.25) is 0 Å². The van der Waals surface area contributed by atoms with E-state index in [1.54, 1.807) is 24.1 Å². The Hall–Kier alpha value is -2.48. The van der Waals surface area contributed by atoms with Crippen molar-refractivity contribution in [1.82, 2.24) is 25.1 Å². The summed E-state index contributed by atoms with van der Waals surface area (Å²) in [4.78, 5) is 20.1. The molecule has 100 valence electrons. The van der Waals surface area contributed by atoms with Crippen LogP contribution in [0.3, 0.4) is 0 Å². The highest BCUT2D eigenvalue weighted by atomic mass is 16.1. The van der Waals surface area contributed by atoms with Gasteiger partial charge in [-0.1, -0.05) is 0 Å². The van der Waals surface area contributed by atoms with Crippen LogP contribution in [-0.2, 0) is 13.6 Å². The van der Waals surface area contributed by atoms with Gasteiger partial charge in [0.1, 0.15) is 6.33 Å². The minimum Gasteiger partial charge on any atom is -0.345 e. The molecule has 4 N–H and O–H groups in total. The van der Waals surface area contributed by atoms with Crippen LogP contribution in [0.15, 0.2) is 18.6 Å². The number of carbonyl (C=O) groups is 1. The number of anilines is 1. The Balaban J connectivity index is 2.07. The Labute approximate surface area is 110 Å². The second-order valence-corrected chi connectivity index (χ2v) is 4.03. The van der Waals surface area contributed by atoms with E-state index in [0.717, 1.165) is 5.69 Å². The number of hydrogen-bond donors (Lipinski definition) is 3. The molecule has 0 aromatic carbocycles. The van der Waals surface area contributed by atoms with Crippen LogP contribution in [0.2, 0.25) is 0 Å². The predicted octanol–water partition coefficient (Wildman–Crippen LogP) is -0.266. The van der Waals surface area contributed by atoms with Crippen molar-refractivity contribution in [2.24, 2.45) is 12.9 Å². The summed E-state index contributed by atoms with van der Waals surface area (Å²) in [5.41, 5.74) is 4.16. The minimum absolute atomic E-state index is 0.248. The van der Waals surface area contributed by atoms with Gasteiger partial charge in [-0.05, 0) is 13.0 Å². The molecule has 0 aliphatic heterocycles. The standard InChI is InChI=1S/C11H15N7O/c1-7-3-9(16-12)8(4-13-7)11(19)14-5-10-15-6-18(2)17-10/h3-4,6H,5,12H2,1-2H3,(H,13,16)(H,14,19). The number of nitrogens with two attached hydrogens (primary N) is 1. The Morgan fingerprint density at radius 3 is 2.89 bits per heavy atom. The number of nitrogens with one attached hydrogen (secondary N) is 2. The average molecular weight is 261 g/mol. The molecule has 8 nitrogen and oxygen atoms in total. The largest absolute Gasteiger partial charge is 0.345 e. The highest BCUT2D eigenvalue weighted by Crippen LogP contribution is 2.14. The van der Waals surface area contributed by atoms with Gasteiger partial charge in [0.05, 0.1) is 17.8 Å². The van der Waals surface area contributed by atoms with E-state index in [2.05, 4.69) is 25.8 Å². The lowest BCUT2D eigenvalue weighted by Gasteiger charge is -2.08. The van der Waals surface area contributed by atoms with Crippen LogP contribution in [0.5, 0.6) is 0 Å². The molecule has 0 radical (unpaired) electrons. The van der Waals surface area contributed by atoms with Gasteiger partial charge in [0, 0.05) is 18.9 Å². The molecule has 0 atom stereocenters. The number of hydrogen-bond acceptors (Lipinski definition) is 6. The fourth-order valence-electron chi connectivity index (χ4n) is 1.58. The van der Waals surface area contributed by atoms with Crippen LogP contribution >= 0.6 is 0 Å². The molecule has 2 rings (SSSR count). The number of pyridine rings is 1. The van der Waals surface area contributed by atoms with E-state index < -0.39 is 0 Å². The van der Waals surface area contributed by atoms with Crippen LogP contribution in [0.1, 0.15) is 21.9 Å². The smallest absolute Gasteiger partial charge is 0.255 e. The van der Waals surface area contributed by atoms with E-state index in [4.69, 9.17) is 5.84 Å². The molecular formula is C11H15N7O. The lowest BCUT2D eigenvalue weighted by atomic mass is 10.2. The number of aromatic nitrogens is 4.